The van der Waals surface area contributed by atoms with Gasteiger partial charge in [-0.1, -0.05) is 5.16 Å². The average molecular weight is 812 g/mol. The number of oxime groups is 1. The van der Waals surface area contributed by atoms with Crippen LogP contribution in [0.25, 0.3) is 10.9 Å². The Balaban J connectivity index is 0.000000178. The number of anilines is 2. The second-order valence-corrected chi connectivity index (χ2v) is 16.6. The number of aromatic carboxylic acids is 1. The number of aliphatic carboxylic acids is 1. The number of piperazine rings is 1. The molecular weight excluding hydrogens is 770 g/mol. The number of β-lactam (4-membered cyclic amide) rings is 1. The van der Waals surface area contributed by atoms with E-state index < -0.39 is 46.4 Å². The molecule has 3 saturated heterocycles. The number of nitrogen functional groups attached to an aromatic ring is 1. The first-order valence-corrected chi connectivity index (χ1v) is 20.2. The molecule has 4 fully saturated rings. The predicted molar refractivity (Wildman–Crippen MR) is 206 cm³/mol. The Morgan fingerprint density at radius 3 is 2.52 bits per heavy atom. The van der Waals surface area contributed by atoms with Crippen LogP contribution in [0, 0.1) is 5.82 Å². The number of thiazole rings is 1. The van der Waals surface area contributed by atoms with E-state index in [1.165, 1.54) is 36.0 Å². The summed E-state index contributed by atoms with van der Waals surface area (Å²) in [5.74, 6) is -3.82. The first kappa shape index (κ1) is 39.2. The number of rotatable bonds is 10. The summed E-state index contributed by atoms with van der Waals surface area (Å²) in [7, 11) is 3.39. The summed E-state index contributed by atoms with van der Waals surface area (Å²) in [6.07, 6.45) is 5.50. The van der Waals surface area contributed by atoms with Crippen LogP contribution in [0.4, 0.5) is 15.2 Å². The molecule has 3 aromatic rings. The molecule has 1 aromatic carbocycles. The minimum atomic E-state index is -1.37. The van der Waals surface area contributed by atoms with Gasteiger partial charge in [0.2, 0.25) is 5.43 Å². The van der Waals surface area contributed by atoms with E-state index in [0.29, 0.717) is 42.2 Å². The minimum Gasteiger partial charge on any atom is -0.543 e. The lowest BCUT2D eigenvalue weighted by Gasteiger charge is -2.51. The number of nitrogens with zero attached hydrogens (tertiary/aromatic N) is 6. The number of nitrogens with one attached hydrogen (secondary N) is 2. The number of thioether (sulfide) groups is 1. The first-order chi connectivity index (χ1) is 26.8. The van der Waals surface area contributed by atoms with Crippen LogP contribution in [0.2, 0.25) is 0 Å². The summed E-state index contributed by atoms with van der Waals surface area (Å²) in [6, 6.07) is 2.19. The number of hydrogen-bond donors (Lipinski definition) is 4. The maximum atomic E-state index is 14.6. The summed E-state index contributed by atoms with van der Waals surface area (Å²) < 4.78 is 17.2. The van der Waals surface area contributed by atoms with E-state index in [4.69, 9.17) is 10.6 Å². The lowest BCUT2D eigenvalue weighted by Crippen LogP contribution is -2.71. The standard InChI is InChI=1S/C19H24N6O5S2.C17H18FN3O3/c1-25(5-3-4-6-25)7-10-8-31-17-13(16(27)24(17)14(10)18(28)29)22-15(26)12(23-30-2)11-9-32-19(20)21-11;18-13-7-11-14(8-15(13)20-5-3-19-4-6-20)21(10-1-2-10)9-12(16(11)22)17(23)24/h9,13,17H,3-8H2,1-2H3,(H3-,20,21,22,26,28,29);7-10,19H,1-6H2,(H,23,24)/b23-12+;/t13-,17-;/m1./s1. The van der Waals surface area contributed by atoms with E-state index in [0.717, 1.165) is 67.7 Å². The zero-order valence-electron chi connectivity index (χ0n) is 30.8. The second kappa shape index (κ2) is 15.8. The molecule has 1 aliphatic carbocycles. The Bertz CT molecular complexity index is 2210. The van der Waals surface area contributed by atoms with Crippen molar-refractivity contribution < 1.29 is 43.1 Å². The predicted octanol–water partition coefficient (Wildman–Crippen LogP) is 0.303. The van der Waals surface area contributed by atoms with Crippen LogP contribution in [0.1, 0.15) is 47.8 Å². The van der Waals surface area contributed by atoms with Crippen LogP contribution >= 0.6 is 23.1 Å². The van der Waals surface area contributed by atoms with Gasteiger partial charge >= 0.3 is 5.97 Å². The fourth-order valence-electron chi connectivity index (χ4n) is 7.73. The van der Waals surface area contributed by atoms with Gasteiger partial charge in [-0.2, -0.15) is 0 Å². The van der Waals surface area contributed by atoms with Crippen LogP contribution in [-0.4, -0.2) is 131 Å². The van der Waals surface area contributed by atoms with Crippen molar-refractivity contribution in [1.29, 1.82) is 0 Å². The third-order valence-electron chi connectivity index (χ3n) is 10.6. The first-order valence-electron chi connectivity index (χ1n) is 18.2. The third kappa shape index (κ3) is 7.69. The van der Waals surface area contributed by atoms with Gasteiger partial charge in [0.1, 0.15) is 42.1 Å². The van der Waals surface area contributed by atoms with Crippen molar-refractivity contribution in [2.45, 2.75) is 43.1 Å². The summed E-state index contributed by atoms with van der Waals surface area (Å²) in [5, 5.41) is 32.2. The smallest absolute Gasteiger partial charge is 0.341 e. The fourth-order valence-corrected chi connectivity index (χ4v) is 9.61. The number of halogens is 1. The Labute approximate surface area is 328 Å². The fraction of sp³-hybridized carbons (Fsp3) is 0.472. The molecule has 2 amide bonds. The number of hydrogen-bond acceptors (Lipinski definition) is 14. The molecule has 0 spiro atoms. The highest BCUT2D eigenvalue weighted by atomic mass is 32.2. The molecule has 56 heavy (non-hydrogen) atoms. The molecule has 5 N–H and O–H groups in total. The molecule has 4 aliphatic heterocycles. The lowest BCUT2D eigenvalue weighted by atomic mass is 10.0. The highest BCUT2D eigenvalue weighted by Gasteiger charge is 2.54. The number of carbonyl (C=O) groups excluding carboxylic acids is 3. The van der Waals surface area contributed by atoms with Crippen molar-refractivity contribution in [2.75, 3.05) is 76.4 Å². The van der Waals surface area contributed by atoms with Crippen molar-refractivity contribution in [3.8, 4) is 0 Å². The molecule has 298 valence electrons. The van der Waals surface area contributed by atoms with Gasteiger partial charge in [-0.05, 0) is 25.0 Å². The highest BCUT2D eigenvalue weighted by molar-refractivity contribution is 8.00. The van der Waals surface area contributed by atoms with Crippen molar-refractivity contribution in [3.63, 3.8) is 0 Å². The number of fused-ring (bicyclic) bond motifs is 2. The van der Waals surface area contributed by atoms with Crippen LogP contribution in [0.15, 0.2) is 44.9 Å². The number of quaternary nitrogens is 1. The Morgan fingerprint density at radius 1 is 1.20 bits per heavy atom. The minimum absolute atomic E-state index is 0.0615. The largest absolute Gasteiger partial charge is 0.543 e. The van der Waals surface area contributed by atoms with Gasteiger partial charge in [0, 0.05) is 73.4 Å². The number of likely N-dealkylation sites (tertiary alicyclic amines) is 1. The maximum Gasteiger partial charge on any atom is 0.341 e. The van der Waals surface area contributed by atoms with Crippen molar-refractivity contribution in [1.82, 2.24) is 25.1 Å². The average Bonchev–Trinajstić information content (AvgIpc) is 3.79. The molecule has 2 atom stereocenters. The van der Waals surface area contributed by atoms with E-state index in [1.807, 2.05) is 9.47 Å². The maximum absolute atomic E-state index is 14.6. The monoisotopic (exact) mass is 811 g/mol. The number of aromatic nitrogens is 2. The molecule has 20 heteroatoms. The molecule has 1 saturated carbocycles. The van der Waals surface area contributed by atoms with E-state index in [9.17, 15) is 38.6 Å². The summed E-state index contributed by atoms with van der Waals surface area (Å²) in [5.41, 5.74) is 6.55. The van der Waals surface area contributed by atoms with Gasteiger partial charge < -0.3 is 50.2 Å². The molecule has 0 unspecified atom stereocenters. The molecule has 2 aromatic heterocycles. The Kier molecular flexibility index (Phi) is 11.1. The Hall–Kier alpha value is -5.05. The second-order valence-electron chi connectivity index (χ2n) is 14.6. The molecule has 0 bridgehead atoms. The summed E-state index contributed by atoms with van der Waals surface area (Å²) >= 11 is 2.57. The van der Waals surface area contributed by atoms with E-state index in [1.54, 1.807) is 11.4 Å². The number of carboxylic acid groups (broad SMARTS) is 2. The van der Waals surface area contributed by atoms with Gasteiger partial charge in [0.05, 0.1) is 43.0 Å². The number of carboxylic acids is 2. The highest BCUT2D eigenvalue weighted by Crippen LogP contribution is 2.41. The van der Waals surface area contributed by atoms with Gasteiger partial charge in [-0.25, -0.2) is 14.2 Å². The molecule has 8 rings (SSSR count). The van der Waals surface area contributed by atoms with Crippen LogP contribution in [0.3, 0.4) is 0 Å². The van der Waals surface area contributed by atoms with E-state index >= 15 is 0 Å². The normalized spacial score (nSPS) is 21.9. The van der Waals surface area contributed by atoms with Crippen LogP contribution in [-0.2, 0) is 19.2 Å². The van der Waals surface area contributed by atoms with Crippen molar-refractivity contribution in [2.24, 2.45) is 5.16 Å². The number of amides is 2. The number of benzene rings is 1. The van der Waals surface area contributed by atoms with Gasteiger partial charge in [0.25, 0.3) is 11.8 Å². The SMILES string of the molecule is CO/N=C(/C(=O)N[C@@H]1C(=O)N2C(C(=O)[O-])=C(C[N+]3(C)CCCC3)CS[C@H]12)c1csc(N)n1.O=C(O)c1cn(C2CC2)c2cc(N3CCNCC3)c(F)cc2c1=O. The van der Waals surface area contributed by atoms with Crippen molar-refractivity contribution in [3.05, 3.63) is 62.3 Å². The molecule has 0 radical (unpaired) electrons. The topological polar surface area (TPSA) is 225 Å². The Morgan fingerprint density at radius 2 is 1.91 bits per heavy atom. The quantitative estimate of drug-likeness (QED) is 0.0938. The van der Waals surface area contributed by atoms with Gasteiger partial charge in [-0.3, -0.25) is 19.3 Å². The lowest BCUT2D eigenvalue weighted by molar-refractivity contribution is -0.893. The number of pyridine rings is 1. The number of likely N-dealkylation sites (N-methyl/N-ethyl adjacent to an activating group) is 1. The molecule has 6 heterocycles. The number of carbonyl (C=O) groups is 4. The van der Waals surface area contributed by atoms with Crippen LogP contribution in [0.5, 0.6) is 0 Å². The van der Waals surface area contributed by atoms with Crippen LogP contribution < -0.4 is 31.8 Å². The summed E-state index contributed by atoms with van der Waals surface area (Å²) in [6.45, 7) is 5.49. The van der Waals surface area contributed by atoms with E-state index in [2.05, 4.69) is 27.8 Å². The van der Waals surface area contributed by atoms with E-state index in [-0.39, 0.29) is 39.2 Å². The molecule has 17 nitrogen and oxygen atoms in total. The third-order valence-corrected chi connectivity index (χ3v) is 12.7. The molecular formula is C36H42FN9O8S2. The zero-order chi connectivity index (χ0) is 39.9. The van der Waals surface area contributed by atoms with Gasteiger partial charge in [0.15, 0.2) is 10.8 Å². The zero-order valence-corrected chi connectivity index (χ0v) is 32.4. The number of nitrogens with two attached hydrogens (primary N) is 1. The van der Waals surface area contributed by atoms with Gasteiger partial charge in [-0.15, -0.1) is 23.1 Å². The van der Waals surface area contributed by atoms with Crippen molar-refractivity contribution >= 4 is 74.3 Å². The molecule has 5 aliphatic rings. The summed E-state index contributed by atoms with van der Waals surface area (Å²) in [4.78, 5) is 73.4.